The van der Waals surface area contributed by atoms with Gasteiger partial charge in [0.2, 0.25) is 0 Å². The third-order valence-corrected chi connectivity index (χ3v) is 4.58. The Hall–Kier alpha value is -1.00. The summed E-state index contributed by atoms with van der Waals surface area (Å²) in [5, 5.41) is 3.31. The summed E-state index contributed by atoms with van der Waals surface area (Å²) in [6.45, 7) is 7.89. The molecule has 1 heterocycles. The number of piperidine rings is 1. The lowest BCUT2D eigenvalue weighted by Gasteiger charge is -2.41. The van der Waals surface area contributed by atoms with Crippen molar-refractivity contribution in [2.24, 2.45) is 0 Å². The van der Waals surface area contributed by atoms with Crippen molar-refractivity contribution in [3.8, 4) is 0 Å². The SMILES string of the molecule is CCNC(CN1C(C)CCCC1C)c1cccc(F)c1F. The van der Waals surface area contributed by atoms with E-state index < -0.39 is 11.6 Å². The minimum atomic E-state index is -0.768. The molecule has 0 aliphatic carbocycles. The molecule has 2 nitrogen and oxygen atoms in total. The maximum Gasteiger partial charge on any atom is 0.163 e. The minimum absolute atomic E-state index is 0.173. The predicted molar refractivity (Wildman–Crippen MR) is 82.3 cm³/mol. The van der Waals surface area contributed by atoms with E-state index >= 15 is 0 Å². The van der Waals surface area contributed by atoms with Crippen molar-refractivity contribution >= 4 is 0 Å². The van der Waals surface area contributed by atoms with Crippen molar-refractivity contribution in [3.05, 3.63) is 35.4 Å². The zero-order chi connectivity index (χ0) is 15.4. The van der Waals surface area contributed by atoms with Gasteiger partial charge in [0, 0.05) is 30.2 Å². The molecule has 0 saturated carbocycles. The number of likely N-dealkylation sites (tertiary alicyclic amines) is 1. The Labute approximate surface area is 126 Å². The maximum atomic E-state index is 14.1. The van der Waals surface area contributed by atoms with E-state index in [2.05, 4.69) is 24.1 Å². The fourth-order valence-electron chi connectivity index (χ4n) is 3.35. The van der Waals surface area contributed by atoms with Gasteiger partial charge in [-0.05, 0) is 39.3 Å². The predicted octanol–water partition coefficient (Wildman–Crippen LogP) is 3.88. The molecule has 3 atom stereocenters. The van der Waals surface area contributed by atoms with Gasteiger partial charge in [-0.25, -0.2) is 8.78 Å². The van der Waals surface area contributed by atoms with Crippen LogP contribution in [0.1, 0.15) is 51.6 Å². The highest BCUT2D eigenvalue weighted by Crippen LogP contribution is 2.27. The van der Waals surface area contributed by atoms with Gasteiger partial charge in [0.15, 0.2) is 11.6 Å². The Morgan fingerprint density at radius 1 is 1.24 bits per heavy atom. The molecular formula is C17H26F2N2. The van der Waals surface area contributed by atoms with E-state index in [1.807, 2.05) is 6.92 Å². The van der Waals surface area contributed by atoms with Gasteiger partial charge in [-0.3, -0.25) is 4.90 Å². The van der Waals surface area contributed by atoms with Crippen LogP contribution in [0.5, 0.6) is 0 Å². The molecule has 0 aromatic heterocycles. The molecule has 0 amide bonds. The van der Waals surface area contributed by atoms with Crippen molar-refractivity contribution < 1.29 is 8.78 Å². The number of rotatable bonds is 5. The minimum Gasteiger partial charge on any atom is -0.309 e. The van der Waals surface area contributed by atoms with Crippen LogP contribution in [0.2, 0.25) is 0 Å². The van der Waals surface area contributed by atoms with E-state index in [0.717, 1.165) is 13.1 Å². The van der Waals surface area contributed by atoms with Gasteiger partial charge in [0.25, 0.3) is 0 Å². The maximum absolute atomic E-state index is 14.1. The third kappa shape index (κ3) is 3.80. The first-order valence-electron chi connectivity index (χ1n) is 7.97. The number of hydrogen-bond donors (Lipinski definition) is 1. The van der Waals surface area contributed by atoms with Gasteiger partial charge in [-0.2, -0.15) is 0 Å². The average molecular weight is 296 g/mol. The van der Waals surface area contributed by atoms with Gasteiger partial charge >= 0.3 is 0 Å². The van der Waals surface area contributed by atoms with Crippen LogP contribution in [-0.4, -0.2) is 30.1 Å². The van der Waals surface area contributed by atoms with Crippen LogP contribution in [0.3, 0.4) is 0 Å². The summed E-state index contributed by atoms with van der Waals surface area (Å²) < 4.78 is 27.6. The highest BCUT2D eigenvalue weighted by molar-refractivity contribution is 5.23. The Balaban J connectivity index is 2.20. The fourth-order valence-corrected chi connectivity index (χ4v) is 3.35. The summed E-state index contributed by atoms with van der Waals surface area (Å²) in [5.41, 5.74) is 0.432. The van der Waals surface area contributed by atoms with Crippen LogP contribution in [0.15, 0.2) is 18.2 Å². The molecule has 1 aromatic rings. The van der Waals surface area contributed by atoms with E-state index in [4.69, 9.17) is 0 Å². The Morgan fingerprint density at radius 3 is 2.52 bits per heavy atom. The van der Waals surface area contributed by atoms with Crippen LogP contribution in [0, 0.1) is 11.6 Å². The summed E-state index contributed by atoms with van der Waals surface area (Å²) in [4.78, 5) is 2.42. The fraction of sp³-hybridized carbons (Fsp3) is 0.647. The molecule has 1 aliphatic heterocycles. The highest BCUT2D eigenvalue weighted by atomic mass is 19.2. The van der Waals surface area contributed by atoms with E-state index in [9.17, 15) is 8.78 Å². The first-order valence-corrected chi connectivity index (χ1v) is 7.97. The number of nitrogens with zero attached hydrogens (tertiary/aromatic N) is 1. The number of likely N-dealkylation sites (N-methyl/N-ethyl adjacent to an activating group) is 1. The zero-order valence-corrected chi connectivity index (χ0v) is 13.2. The first-order chi connectivity index (χ1) is 10.0. The number of nitrogens with one attached hydrogen (secondary N) is 1. The second-order valence-electron chi connectivity index (χ2n) is 6.08. The average Bonchev–Trinajstić information content (AvgIpc) is 2.45. The molecule has 1 aliphatic rings. The first kappa shape index (κ1) is 16.4. The van der Waals surface area contributed by atoms with Gasteiger partial charge in [-0.15, -0.1) is 0 Å². The Kier molecular flexibility index (Phi) is 5.71. The second kappa shape index (κ2) is 7.32. The highest BCUT2D eigenvalue weighted by Gasteiger charge is 2.28. The topological polar surface area (TPSA) is 15.3 Å². The zero-order valence-electron chi connectivity index (χ0n) is 13.2. The van der Waals surface area contributed by atoms with Gasteiger partial charge in [0.05, 0.1) is 0 Å². The lowest BCUT2D eigenvalue weighted by atomic mass is 9.95. The van der Waals surface area contributed by atoms with Crippen molar-refractivity contribution in [1.82, 2.24) is 10.2 Å². The molecular weight excluding hydrogens is 270 g/mol. The molecule has 21 heavy (non-hydrogen) atoms. The summed E-state index contributed by atoms with van der Waals surface area (Å²) in [6, 6.07) is 5.26. The van der Waals surface area contributed by atoms with Gasteiger partial charge < -0.3 is 5.32 Å². The second-order valence-corrected chi connectivity index (χ2v) is 6.08. The summed E-state index contributed by atoms with van der Waals surface area (Å²) in [5.74, 6) is -1.49. The number of hydrogen-bond acceptors (Lipinski definition) is 2. The summed E-state index contributed by atoms with van der Waals surface area (Å²) in [6.07, 6.45) is 3.60. The quantitative estimate of drug-likeness (QED) is 0.887. The molecule has 0 spiro atoms. The molecule has 1 N–H and O–H groups in total. The van der Waals surface area contributed by atoms with E-state index in [0.29, 0.717) is 17.6 Å². The summed E-state index contributed by atoms with van der Waals surface area (Å²) >= 11 is 0. The normalized spacial score (nSPS) is 25.0. The molecule has 2 rings (SSSR count). The Morgan fingerprint density at radius 2 is 1.90 bits per heavy atom. The van der Waals surface area contributed by atoms with Crippen LogP contribution in [0.25, 0.3) is 0 Å². The Bertz CT molecular complexity index is 454. The van der Waals surface area contributed by atoms with E-state index in [-0.39, 0.29) is 6.04 Å². The van der Waals surface area contributed by atoms with Crippen molar-refractivity contribution in [2.75, 3.05) is 13.1 Å². The van der Waals surface area contributed by atoms with Crippen molar-refractivity contribution in [1.29, 1.82) is 0 Å². The summed E-state index contributed by atoms with van der Waals surface area (Å²) in [7, 11) is 0. The van der Waals surface area contributed by atoms with Gasteiger partial charge in [0.1, 0.15) is 0 Å². The monoisotopic (exact) mass is 296 g/mol. The third-order valence-electron chi connectivity index (χ3n) is 4.58. The van der Waals surface area contributed by atoms with Crippen molar-refractivity contribution in [3.63, 3.8) is 0 Å². The molecule has 3 unspecified atom stereocenters. The smallest absolute Gasteiger partial charge is 0.163 e. The van der Waals surface area contributed by atoms with Crippen LogP contribution < -0.4 is 5.32 Å². The lowest BCUT2D eigenvalue weighted by molar-refractivity contribution is 0.0904. The molecule has 0 bridgehead atoms. The van der Waals surface area contributed by atoms with Crippen LogP contribution in [-0.2, 0) is 0 Å². The molecule has 118 valence electrons. The standard InChI is InChI=1S/C17H26F2N2/c1-4-20-16(14-9-6-10-15(18)17(14)19)11-21-12(2)7-5-8-13(21)3/h6,9-10,12-13,16,20H,4-5,7-8,11H2,1-3H3. The molecule has 1 aromatic carbocycles. The van der Waals surface area contributed by atoms with Crippen LogP contribution in [0.4, 0.5) is 8.78 Å². The van der Waals surface area contributed by atoms with Crippen molar-refractivity contribution in [2.45, 2.75) is 58.2 Å². The molecule has 4 heteroatoms. The number of benzene rings is 1. The molecule has 1 fully saturated rings. The van der Waals surface area contributed by atoms with Crippen LogP contribution >= 0.6 is 0 Å². The largest absolute Gasteiger partial charge is 0.309 e. The molecule has 1 saturated heterocycles. The van der Waals surface area contributed by atoms with Gasteiger partial charge in [-0.1, -0.05) is 25.5 Å². The van der Waals surface area contributed by atoms with E-state index in [1.165, 1.54) is 25.3 Å². The van der Waals surface area contributed by atoms with E-state index in [1.54, 1.807) is 12.1 Å². The lowest BCUT2D eigenvalue weighted by Crippen LogP contribution is -2.47. The number of halogens is 2. The molecule has 0 radical (unpaired) electrons.